The molecule has 4 aliphatic carbocycles. The molecule has 2 nitrogen and oxygen atoms in total. The SMILES string of the molecule is C=C(O)C1=CC[C@H]2[C@@H]3CCC4CCCC[C@]4(C)[C@H]3CC[C@]12CO. The van der Waals surface area contributed by atoms with Crippen LogP contribution in [0, 0.1) is 34.5 Å². The van der Waals surface area contributed by atoms with Crippen molar-refractivity contribution in [2.45, 2.75) is 64.7 Å². The minimum absolute atomic E-state index is 0.173. The molecule has 2 N–H and O–H groups in total. The predicted octanol–water partition coefficient (Wildman–Crippen LogP) is 5.00. The van der Waals surface area contributed by atoms with Gasteiger partial charge in [0.2, 0.25) is 0 Å². The highest BCUT2D eigenvalue weighted by Crippen LogP contribution is 2.66. The van der Waals surface area contributed by atoms with Crippen LogP contribution in [0.25, 0.3) is 0 Å². The zero-order valence-electron chi connectivity index (χ0n) is 14.6. The first-order valence-corrected chi connectivity index (χ1v) is 9.72. The van der Waals surface area contributed by atoms with E-state index in [-0.39, 0.29) is 17.8 Å². The van der Waals surface area contributed by atoms with E-state index in [0.717, 1.165) is 36.2 Å². The Morgan fingerprint density at radius 1 is 1.17 bits per heavy atom. The first-order chi connectivity index (χ1) is 11.0. The summed E-state index contributed by atoms with van der Waals surface area (Å²) in [6.45, 7) is 6.53. The van der Waals surface area contributed by atoms with Gasteiger partial charge in [0.05, 0.1) is 6.61 Å². The van der Waals surface area contributed by atoms with Gasteiger partial charge >= 0.3 is 0 Å². The minimum Gasteiger partial charge on any atom is -0.508 e. The van der Waals surface area contributed by atoms with Crippen LogP contribution in [0.4, 0.5) is 0 Å². The molecule has 0 aliphatic heterocycles. The van der Waals surface area contributed by atoms with E-state index >= 15 is 0 Å². The monoisotopic (exact) mass is 316 g/mol. The molecule has 128 valence electrons. The third-order valence-corrected chi connectivity index (χ3v) is 8.50. The van der Waals surface area contributed by atoms with Crippen LogP contribution in [0.3, 0.4) is 0 Å². The van der Waals surface area contributed by atoms with E-state index < -0.39 is 0 Å². The van der Waals surface area contributed by atoms with Crippen LogP contribution in [0.1, 0.15) is 64.7 Å². The van der Waals surface area contributed by atoms with Gasteiger partial charge in [-0.1, -0.05) is 32.4 Å². The van der Waals surface area contributed by atoms with Crippen LogP contribution in [-0.4, -0.2) is 16.8 Å². The summed E-state index contributed by atoms with van der Waals surface area (Å²) in [5, 5.41) is 20.3. The fraction of sp³-hybridized carbons (Fsp3) is 0.810. The Bertz CT molecular complexity index is 536. The lowest BCUT2D eigenvalue weighted by Crippen LogP contribution is -2.53. The Morgan fingerprint density at radius 3 is 2.74 bits per heavy atom. The molecule has 23 heavy (non-hydrogen) atoms. The molecule has 0 amide bonds. The number of hydrogen-bond acceptors (Lipinski definition) is 2. The summed E-state index contributed by atoms with van der Waals surface area (Å²) in [6, 6.07) is 0. The van der Waals surface area contributed by atoms with Crippen molar-refractivity contribution in [3.8, 4) is 0 Å². The van der Waals surface area contributed by atoms with Gasteiger partial charge in [-0.05, 0) is 79.6 Å². The lowest BCUT2D eigenvalue weighted by atomic mass is 9.44. The highest BCUT2D eigenvalue weighted by atomic mass is 16.3. The second-order valence-corrected chi connectivity index (χ2v) is 9.06. The molecule has 4 rings (SSSR count). The van der Waals surface area contributed by atoms with Crippen LogP contribution < -0.4 is 0 Å². The van der Waals surface area contributed by atoms with E-state index in [2.05, 4.69) is 19.6 Å². The summed E-state index contributed by atoms with van der Waals surface area (Å²) in [4.78, 5) is 0. The Kier molecular flexibility index (Phi) is 3.68. The van der Waals surface area contributed by atoms with Gasteiger partial charge in [0, 0.05) is 5.41 Å². The molecular formula is C21H32O2. The van der Waals surface area contributed by atoms with Gasteiger partial charge in [-0.25, -0.2) is 0 Å². The molecule has 0 aromatic heterocycles. The molecule has 4 aliphatic rings. The van der Waals surface area contributed by atoms with Crippen molar-refractivity contribution in [2.75, 3.05) is 6.61 Å². The quantitative estimate of drug-likeness (QED) is 0.704. The normalized spacial score (nSPS) is 48.9. The summed E-state index contributed by atoms with van der Waals surface area (Å²) < 4.78 is 0. The van der Waals surface area contributed by atoms with E-state index in [0.29, 0.717) is 11.3 Å². The fourth-order valence-corrected chi connectivity index (χ4v) is 7.38. The number of rotatable bonds is 2. The van der Waals surface area contributed by atoms with Crippen molar-refractivity contribution in [2.24, 2.45) is 34.5 Å². The number of aliphatic hydroxyl groups is 2. The van der Waals surface area contributed by atoms with Crippen molar-refractivity contribution < 1.29 is 10.2 Å². The second-order valence-electron chi connectivity index (χ2n) is 9.06. The second kappa shape index (κ2) is 5.37. The van der Waals surface area contributed by atoms with Crippen molar-refractivity contribution in [1.29, 1.82) is 0 Å². The summed E-state index contributed by atoms with van der Waals surface area (Å²) in [5.41, 5.74) is 1.28. The first kappa shape index (κ1) is 15.7. The summed E-state index contributed by atoms with van der Waals surface area (Å²) in [5.74, 6) is 3.19. The van der Waals surface area contributed by atoms with Gasteiger partial charge in [-0.2, -0.15) is 0 Å². The van der Waals surface area contributed by atoms with Gasteiger partial charge in [0.1, 0.15) is 5.76 Å². The Morgan fingerprint density at radius 2 is 2.00 bits per heavy atom. The molecule has 2 heteroatoms. The van der Waals surface area contributed by atoms with Gasteiger partial charge < -0.3 is 10.2 Å². The van der Waals surface area contributed by atoms with Crippen LogP contribution in [0.5, 0.6) is 0 Å². The van der Waals surface area contributed by atoms with Crippen molar-refractivity contribution in [3.63, 3.8) is 0 Å². The lowest BCUT2D eigenvalue weighted by Gasteiger charge is -2.60. The summed E-state index contributed by atoms with van der Waals surface area (Å²) in [6.07, 6.45) is 13.8. The Hall–Kier alpha value is -0.760. The van der Waals surface area contributed by atoms with Crippen molar-refractivity contribution >= 4 is 0 Å². The van der Waals surface area contributed by atoms with Crippen LogP contribution in [0.15, 0.2) is 24.0 Å². The fourth-order valence-electron chi connectivity index (χ4n) is 7.38. The number of allylic oxidation sites excluding steroid dienone is 2. The molecule has 0 saturated heterocycles. The average Bonchev–Trinajstić information content (AvgIpc) is 2.94. The lowest BCUT2D eigenvalue weighted by molar-refractivity contribution is -0.112. The van der Waals surface area contributed by atoms with E-state index in [1.807, 2.05) is 0 Å². The van der Waals surface area contributed by atoms with Gasteiger partial charge in [-0.3, -0.25) is 0 Å². The Balaban J connectivity index is 1.66. The first-order valence-electron chi connectivity index (χ1n) is 9.72. The molecule has 6 atom stereocenters. The molecule has 0 aromatic carbocycles. The van der Waals surface area contributed by atoms with Crippen LogP contribution >= 0.6 is 0 Å². The van der Waals surface area contributed by atoms with E-state index in [1.165, 1.54) is 44.9 Å². The molecule has 3 saturated carbocycles. The third-order valence-electron chi connectivity index (χ3n) is 8.50. The van der Waals surface area contributed by atoms with Gasteiger partial charge in [0.15, 0.2) is 0 Å². The molecule has 0 radical (unpaired) electrons. The molecule has 0 bridgehead atoms. The molecule has 1 unspecified atom stereocenters. The van der Waals surface area contributed by atoms with Gasteiger partial charge in [0.25, 0.3) is 0 Å². The highest BCUT2D eigenvalue weighted by Gasteiger charge is 2.59. The maximum Gasteiger partial charge on any atom is 0.111 e. The van der Waals surface area contributed by atoms with Gasteiger partial charge in [-0.15, -0.1) is 0 Å². The zero-order valence-corrected chi connectivity index (χ0v) is 14.6. The molecule has 0 heterocycles. The van der Waals surface area contributed by atoms with E-state index in [1.54, 1.807) is 0 Å². The molecule has 0 spiro atoms. The summed E-state index contributed by atoms with van der Waals surface area (Å²) in [7, 11) is 0. The average molecular weight is 316 g/mol. The van der Waals surface area contributed by atoms with E-state index in [9.17, 15) is 10.2 Å². The topological polar surface area (TPSA) is 40.5 Å². The highest BCUT2D eigenvalue weighted by molar-refractivity contribution is 5.37. The smallest absolute Gasteiger partial charge is 0.111 e. The zero-order chi connectivity index (χ0) is 16.2. The van der Waals surface area contributed by atoms with Crippen LogP contribution in [0.2, 0.25) is 0 Å². The standard InChI is InChI=1S/C21H32O2/c1-14(23)17-8-9-19-16-7-6-15-5-3-4-11-20(15,2)18(16)10-12-21(17,19)13-22/h8,15-16,18-19,22-23H,1,3-7,9-13H2,2H3/t15?,16-,18+,19+,20+,21+/m1/s1. The molecule has 0 aromatic rings. The molecule has 3 fully saturated rings. The number of fused-ring (bicyclic) bond motifs is 5. The van der Waals surface area contributed by atoms with E-state index in [4.69, 9.17) is 0 Å². The van der Waals surface area contributed by atoms with Crippen molar-refractivity contribution in [3.05, 3.63) is 24.0 Å². The predicted molar refractivity (Wildman–Crippen MR) is 93.0 cm³/mol. The maximum atomic E-state index is 10.3. The third kappa shape index (κ3) is 2.03. The van der Waals surface area contributed by atoms with Crippen molar-refractivity contribution in [1.82, 2.24) is 0 Å². The Labute approximate surface area is 140 Å². The molecular weight excluding hydrogens is 284 g/mol. The van der Waals surface area contributed by atoms with Crippen LogP contribution in [-0.2, 0) is 0 Å². The minimum atomic E-state index is -0.204. The largest absolute Gasteiger partial charge is 0.508 e. The maximum absolute atomic E-state index is 10.3. The summed E-state index contributed by atoms with van der Waals surface area (Å²) >= 11 is 0. The number of hydrogen-bond donors (Lipinski definition) is 2. The number of aliphatic hydroxyl groups excluding tert-OH is 2.